The molecule has 2 unspecified atom stereocenters. The maximum absolute atomic E-state index is 12.0. The van der Waals surface area contributed by atoms with Gasteiger partial charge in [-0.05, 0) is 20.5 Å². The van der Waals surface area contributed by atoms with Crippen molar-refractivity contribution in [3.63, 3.8) is 0 Å². The van der Waals surface area contributed by atoms with Crippen molar-refractivity contribution in [3.05, 3.63) is 0 Å². The highest BCUT2D eigenvalue weighted by atomic mass is 16.2. The van der Waals surface area contributed by atoms with Crippen LogP contribution in [-0.4, -0.2) is 45.4 Å². The summed E-state index contributed by atoms with van der Waals surface area (Å²) in [6.07, 6.45) is 2.97. The first-order valence-corrected chi connectivity index (χ1v) is 6.24. The normalized spacial score (nSPS) is 14.1. The van der Waals surface area contributed by atoms with Crippen LogP contribution in [0, 0.1) is 5.92 Å². The van der Waals surface area contributed by atoms with E-state index in [-0.39, 0.29) is 17.9 Å². The molecule has 0 aromatic rings. The molecule has 0 aliphatic rings. The molecular formula is C12H25N3O2. The summed E-state index contributed by atoms with van der Waals surface area (Å²) >= 11 is 0. The van der Waals surface area contributed by atoms with E-state index in [0.29, 0.717) is 13.0 Å². The van der Waals surface area contributed by atoms with E-state index in [9.17, 15) is 9.59 Å². The molecule has 0 fully saturated rings. The van der Waals surface area contributed by atoms with Crippen LogP contribution in [0.15, 0.2) is 0 Å². The molecule has 100 valence electrons. The van der Waals surface area contributed by atoms with Crippen molar-refractivity contribution in [3.8, 4) is 0 Å². The molecule has 3 N–H and O–H groups in total. The fourth-order valence-corrected chi connectivity index (χ4v) is 1.85. The molecule has 5 nitrogen and oxygen atoms in total. The van der Waals surface area contributed by atoms with Crippen molar-refractivity contribution >= 4 is 12.2 Å². The maximum atomic E-state index is 12.0. The molecule has 0 spiro atoms. The molecule has 1 amide bonds. The van der Waals surface area contributed by atoms with Crippen molar-refractivity contribution in [2.45, 2.75) is 32.2 Å². The first-order valence-electron chi connectivity index (χ1n) is 6.24. The molecule has 0 aliphatic carbocycles. The summed E-state index contributed by atoms with van der Waals surface area (Å²) in [6.45, 7) is 3.41. The van der Waals surface area contributed by atoms with Crippen LogP contribution in [0.4, 0.5) is 0 Å². The Labute approximate surface area is 104 Å². The highest BCUT2D eigenvalue weighted by Crippen LogP contribution is 2.13. The first-order chi connectivity index (χ1) is 8.21. The Morgan fingerprint density at radius 3 is 2.47 bits per heavy atom. The van der Waals surface area contributed by atoms with Crippen LogP contribution >= 0.6 is 0 Å². The lowest BCUT2D eigenvalue weighted by Crippen LogP contribution is -2.45. The maximum Gasteiger partial charge on any atom is 0.224 e. The van der Waals surface area contributed by atoms with Crippen molar-refractivity contribution < 1.29 is 9.59 Å². The van der Waals surface area contributed by atoms with Crippen molar-refractivity contribution in [1.29, 1.82) is 0 Å². The van der Waals surface area contributed by atoms with E-state index in [0.717, 1.165) is 25.7 Å². The van der Waals surface area contributed by atoms with E-state index in [4.69, 9.17) is 0 Å². The van der Waals surface area contributed by atoms with Crippen LogP contribution in [0.5, 0.6) is 0 Å². The third-order valence-electron chi connectivity index (χ3n) is 2.82. The molecule has 0 bridgehead atoms. The zero-order valence-corrected chi connectivity index (χ0v) is 11.1. The van der Waals surface area contributed by atoms with Crippen LogP contribution in [0.3, 0.4) is 0 Å². The molecule has 0 heterocycles. The summed E-state index contributed by atoms with van der Waals surface area (Å²) in [4.78, 5) is 22.6. The molecule has 0 radical (unpaired) electrons. The monoisotopic (exact) mass is 243 g/mol. The molecule has 0 saturated heterocycles. The van der Waals surface area contributed by atoms with Gasteiger partial charge in [0.1, 0.15) is 6.29 Å². The summed E-state index contributed by atoms with van der Waals surface area (Å²) in [6, 6.07) is -0.0676. The van der Waals surface area contributed by atoms with Gasteiger partial charge in [-0.25, -0.2) is 0 Å². The van der Waals surface area contributed by atoms with E-state index < -0.39 is 0 Å². The van der Waals surface area contributed by atoms with Gasteiger partial charge in [0.25, 0.3) is 0 Å². The highest BCUT2D eigenvalue weighted by Gasteiger charge is 2.25. The Morgan fingerprint density at radius 1 is 1.29 bits per heavy atom. The lowest BCUT2D eigenvalue weighted by atomic mass is 9.92. The Morgan fingerprint density at radius 2 is 2.00 bits per heavy atom. The van der Waals surface area contributed by atoms with Crippen molar-refractivity contribution in [2.75, 3.05) is 27.2 Å². The van der Waals surface area contributed by atoms with Gasteiger partial charge in [0.05, 0.1) is 5.92 Å². The Balaban J connectivity index is 4.35. The number of amides is 1. The minimum absolute atomic E-state index is 0.0308. The lowest BCUT2D eigenvalue weighted by Gasteiger charge is -2.24. The first kappa shape index (κ1) is 16.1. The molecular weight excluding hydrogens is 218 g/mol. The minimum Gasteiger partial charge on any atom is -0.355 e. The van der Waals surface area contributed by atoms with E-state index >= 15 is 0 Å². The molecule has 0 aliphatic heterocycles. The van der Waals surface area contributed by atoms with Crippen LogP contribution in [0.1, 0.15) is 26.2 Å². The van der Waals surface area contributed by atoms with E-state index in [1.165, 1.54) is 0 Å². The number of rotatable bonds is 10. The highest BCUT2D eigenvalue weighted by molar-refractivity contribution is 5.79. The summed E-state index contributed by atoms with van der Waals surface area (Å²) < 4.78 is 0. The van der Waals surface area contributed by atoms with Crippen LogP contribution < -0.4 is 16.0 Å². The van der Waals surface area contributed by atoms with Gasteiger partial charge in [0.15, 0.2) is 0 Å². The number of nitrogens with one attached hydrogen (secondary N) is 3. The standard InChI is InChI=1S/C12H25N3O2/c1-4-5-10(11(14-3)6-9-16)12(17)15-8-7-13-2/h9-11,13-14H,4-8H2,1-3H3,(H,15,17). The van der Waals surface area contributed by atoms with Crippen molar-refractivity contribution in [1.82, 2.24) is 16.0 Å². The lowest BCUT2D eigenvalue weighted by molar-refractivity contribution is -0.126. The Hall–Kier alpha value is -0.940. The van der Waals surface area contributed by atoms with Crippen LogP contribution in [-0.2, 0) is 9.59 Å². The number of aldehydes is 1. The van der Waals surface area contributed by atoms with Gasteiger partial charge in [-0.2, -0.15) is 0 Å². The fourth-order valence-electron chi connectivity index (χ4n) is 1.85. The molecule has 17 heavy (non-hydrogen) atoms. The van der Waals surface area contributed by atoms with Gasteiger partial charge in [0.2, 0.25) is 5.91 Å². The predicted molar refractivity (Wildman–Crippen MR) is 68.9 cm³/mol. The minimum atomic E-state index is -0.132. The number of likely N-dealkylation sites (N-methyl/N-ethyl adjacent to an activating group) is 1. The molecule has 2 atom stereocenters. The summed E-state index contributed by atoms with van der Waals surface area (Å²) in [5.41, 5.74) is 0. The number of carbonyl (C=O) groups excluding carboxylic acids is 2. The van der Waals surface area contributed by atoms with Crippen LogP contribution in [0.25, 0.3) is 0 Å². The zero-order chi connectivity index (χ0) is 13.1. The molecule has 0 rings (SSSR count). The molecule has 0 aromatic heterocycles. The van der Waals surface area contributed by atoms with Gasteiger partial charge >= 0.3 is 0 Å². The Bertz CT molecular complexity index is 222. The molecule has 5 heteroatoms. The average Bonchev–Trinajstić information content (AvgIpc) is 2.33. The summed E-state index contributed by atoms with van der Waals surface area (Å²) in [5.74, 6) is -0.102. The van der Waals surface area contributed by atoms with Gasteiger partial charge in [-0.3, -0.25) is 4.79 Å². The zero-order valence-electron chi connectivity index (χ0n) is 11.1. The number of carbonyl (C=O) groups is 2. The van der Waals surface area contributed by atoms with E-state index in [1.807, 2.05) is 14.0 Å². The smallest absolute Gasteiger partial charge is 0.224 e. The quantitative estimate of drug-likeness (QED) is 0.371. The number of hydrogen-bond acceptors (Lipinski definition) is 4. The molecule has 0 aromatic carbocycles. The second-order valence-corrected chi connectivity index (χ2v) is 4.09. The average molecular weight is 243 g/mol. The van der Waals surface area contributed by atoms with Gasteiger partial charge in [0, 0.05) is 25.6 Å². The third kappa shape index (κ3) is 6.38. The predicted octanol–water partition coefficient (Wildman–Crippen LogP) is -0.0847. The molecule has 0 saturated carbocycles. The van der Waals surface area contributed by atoms with Gasteiger partial charge < -0.3 is 20.7 Å². The second-order valence-electron chi connectivity index (χ2n) is 4.09. The number of hydrogen-bond donors (Lipinski definition) is 3. The SMILES string of the molecule is CCCC(C(=O)NCCNC)C(CC=O)NC. The largest absolute Gasteiger partial charge is 0.355 e. The second kappa shape index (κ2) is 10.2. The van der Waals surface area contributed by atoms with E-state index in [1.54, 1.807) is 7.05 Å². The summed E-state index contributed by atoms with van der Waals surface area (Å²) in [5, 5.41) is 8.91. The van der Waals surface area contributed by atoms with Gasteiger partial charge in [-0.15, -0.1) is 0 Å². The van der Waals surface area contributed by atoms with E-state index in [2.05, 4.69) is 16.0 Å². The summed E-state index contributed by atoms with van der Waals surface area (Å²) in [7, 11) is 3.64. The van der Waals surface area contributed by atoms with Crippen LogP contribution in [0.2, 0.25) is 0 Å². The third-order valence-corrected chi connectivity index (χ3v) is 2.82. The van der Waals surface area contributed by atoms with Gasteiger partial charge in [-0.1, -0.05) is 13.3 Å². The fraction of sp³-hybridized carbons (Fsp3) is 0.833. The topological polar surface area (TPSA) is 70.2 Å². The Kier molecular flexibility index (Phi) is 9.66. The van der Waals surface area contributed by atoms with Crippen molar-refractivity contribution in [2.24, 2.45) is 5.92 Å².